The Morgan fingerprint density at radius 3 is 2.07 bits per heavy atom. The molecule has 0 heterocycles. The van der Waals surface area contributed by atoms with Crippen LogP contribution in [0.4, 0.5) is 0 Å². The second-order valence-electron chi connectivity index (χ2n) is 3.69. The van der Waals surface area contributed by atoms with E-state index >= 15 is 0 Å². The second kappa shape index (κ2) is 4.87. The SMILES string of the molecule is NC(=S)C1(C(=O)N(CCO)CCO)CC1. The van der Waals surface area contributed by atoms with Crippen molar-refractivity contribution in [1.29, 1.82) is 0 Å². The van der Waals surface area contributed by atoms with Crippen LogP contribution in [0, 0.1) is 5.41 Å². The highest BCUT2D eigenvalue weighted by Crippen LogP contribution is 2.47. The number of thiocarbonyl (C=S) groups is 1. The fourth-order valence-corrected chi connectivity index (χ4v) is 1.84. The molecule has 0 bridgehead atoms. The minimum atomic E-state index is -0.695. The normalized spacial score (nSPS) is 17.2. The lowest BCUT2D eigenvalue weighted by Gasteiger charge is -2.25. The zero-order valence-corrected chi connectivity index (χ0v) is 9.29. The van der Waals surface area contributed by atoms with Gasteiger partial charge in [-0.15, -0.1) is 0 Å². The smallest absolute Gasteiger partial charge is 0.235 e. The largest absolute Gasteiger partial charge is 0.395 e. The van der Waals surface area contributed by atoms with Crippen molar-refractivity contribution >= 4 is 23.1 Å². The molecule has 1 saturated carbocycles. The van der Waals surface area contributed by atoms with Gasteiger partial charge >= 0.3 is 0 Å². The number of hydrogen-bond acceptors (Lipinski definition) is 4. The summed E-state index contributed by atoms with van der Waals surface area (Å²) >= 11 is 4.86. The first-order valence-electron chi connectivity index (χ1n) is 4.89. The van der Waals surface area contributed by atoms with E-state index in [1.165, 1.54) is 4.90 Å². The molecule has 6 heteroatoms. The van der Waals surface area contributed by atoms with Crippen LogP contribution in [0.1, 0.15) is 12.8 Å². The molecule has 5 nitrogen and oxygen atoms in total. The molecule has 4 N–H and O–H groups in total. The van der Waals surface area contributed by atoms with Gasteiger partial charge in [-0.3, -0.25) is 4.79 Å². The van der Waals surface area contributed by atoms with Crippen molar-refractivity contribution in [3.63, 3.8) is 0 Å². The van der Waals surface area contributed by atoms with Gasteiger partial charge in [-0.05, 0) is 12.8 Å². The van der Waals surface area contributed by atoms with E-state index in [4.69, 9.17) is 28.2 Å². The molecule has 0 radical (unpaired) electrons. The van der Waals surface area contributed by atoms with E-state index in [9.17, 15) is 4.79 Å². The molecule has 0 aromatic rings. The number of aliphatic hydroxyl groups excluding tert-OH is 2. The Morgan fingerprint density at radius 1 is 1.33 bits per heavy atom. The summed E-state index contributed by atoms with van der Waals surface area (Å²) in [4.78, 5) is 13.6. The molecule has 0 atom stereocenters. The van der Waals surface area contributed by atoms with Crippen molar-refractivity contribution in [2.45, 2.75) is 12.8 Å². The molecule has 0 spiro atoms. The highest BCUT2D eigenvalue weighted by Gasteiger charge is 2.54. The van der Waals surface area contributed by atoms with E-state index in [1.54, 1.807) is 0 Å². The molecule has 1 fully saturated rings. The number of amides is 1. The summed E-state index contributed by atoms with van der Waals surface area (Å²) in [6.45, 7) is 0.172. The third-order valence-electron chi connectivity index (χ3n) is 2.66. The maximum atomic E-state index is 12.0. The molecule has 1 amide bonds. The Morgan fingerprint density at radius 2 is 1.80 bits per heavy atom. The molecule has 0 aliphatic heterocycles. The molecule has 1 aliphatic carbocycles. The number of nitrogens with two attached hydrogens (primary N) is 1. The average molecular weight is 232 g/mol. The lowest BCUT2D eigenvalue weighted by Crippen LogP contribution is -2.45. The van der Waals surface area contributed by atoms with E-state index in [1.807, 2.05) is 0 Å². The zero-order valence-electron chi connectivity index (χ0n) is 8.48. The summed E-state index contributed by atoms with van der Waals surface area (Å²) in [5.41, 5.74) is 4.83. The fraction of sp³-hybridized carbons (Fsp3) is 0.778. The van der Waals surface area contributed by atoms with Crippen LogP contribution in [0.3, 0.4) is 0 Å². The van der Waals surface area contributed by atoms with Crippen LogP contribution >= 0.6 is 12.2 Å². The van der Waals surface area contributed by atoms with E-state index < -0.39 is 5.41 Å². The van der Waals surface area contributed by atoms with Gasteiger partial charge in [0.1, 0.15) is 0 Å². The van der Waals surface area contributed by atoms with Crippen molar-refractivity contribution in [2.24, 2.45) is 11.1 Å². The van der Waals surface area contributed by atoms with Gasteiger partial charge in [0.15, 0.2) is 0 Å². The van der Waals surface area contributed by atoms with Crippen LogP contribution in [-0.4, -0.2) is 52.3 Å². The molecular weight excluding hydrogens is 216 g/mol. The highest BCUT2D eigenvalue weighted by molar-refractivity contribution is 7.80. The van der Waals surface area contributed by atoms with Gasteiger partial charge in [-0.1, -0.05) is 12.2 Å². The minimum absolute atomic E-state index is 0.126. The topological polar surface area (TPSA) is 86.8 Å². The zero-order chi connectivity index (χ0) is 11.5. The van der Waals surface area contributed by atoms with Crippen LogP contribution < -0.4 is 5.73 Å². The first-order chi connectivity index (χ1) is 7.08. The number of aliphatic hydroxyl groups is 2. The van der Waals surface area contributed by atoms with Gasteiger partial charge < -0.3 is 20.8 Å². The number of nitrogens with zero attached hydrogens (tertiary/aromatic N) is 1. The molecule has 0 unspecified atom stereocenters. The quantitative estimate of drug-likeness (QED) is 0.504. The number of carbonyl (C=O) groups is 1. The van der Waals surface area contributed by atoms with Crippen LogP contribution in [0.5, 0.6) is 0 Å². The maximum absolute atomic E-state index is 12.0. The van der Waals surface area contributed by atoms with E-state index in [-0.39, 0.29) is 37.2 Å². The van der Waals surface area contributed by atoms with Gasteiger partial charge in [0.25, 0.3) is 0 Å². The molecule has 1 aliphatic rings. The Kier molecular flexibility index (Phi) is 4.01. The summed E-state index contributed by atoms with van der Waals surface area (Å²) in [7, 11) is 0. The third kappa shape index (κ3) is 2.45. The number of hydrogen-bond donors (Lipinski definition) is 3. The number of carbonyl (C=O) groups excluding carboxylic acids is 1. The monoisotopic (exact) mass is 232 g/mol. The summed E-state index contributed by atoms with van der Waals surface area (Å²) in [6, 6.07) is 0. The first-order valence-corrected chi connectivity index (χ1v) is 5.30. The van der Waals surface area contributed by atoms with Crippen LogP contribution in [0.2, 0.25) is 0 Å². The molecule has 0 saturated heterocycles. The molecular formula is C9H16N2O3S. The third-order valence-corrected chi connectivity index (χ3v) is 3.05. The predicted octanol–water partition coefficient (Wildman–Crippen LogP) is -1.13. The van der Waals surface area contributed by atoms with Gasteiger partial charge in [-0.2, -0.15) is 0 Å². The molecule has 15 heavy (non-hydrogen) atoms. The van der Waals surface area contributed by atoms with Crippen molar-refractivity contribution < 1.29 is 15.0 Å². The highest BCUT2D eigenvalue weighted by atomic mass is 32.1. The Bertz CT molecular complexity index is 260. The Hall–Kier alpha value is -0.720. The number of rotatable bonds is 6. The molecule has 86 valence electrons. The van der Waals surface area contributed by atoms with Crippen molar-refractivity contribution in [2.75, 3.05) is 26.3 Å². The summed E-state index contributed by atoms with van der Waals surface area (Å²) in [6.07, 6.45) is 1.35. The van der Waals surface area contributed by atoms with Crippen molar-refractivity contribution in [1.82, 2.24) is 4.90 Å². The van der Waals surface area contributed by atoms with Gasteiger partial charge in [-0.25, -0.2) is 0 Å². The first kappa shape index (κ1) is 12.4. The lowest BCUT2D eigenvalue weighted by atomic mass is 10.1. The van der Waals surface area contributed by atoms with Gasteiger partial charge in [0, 0.05) is 13.1 Å². The van der Waals surface area contributed by atoms with Crippen molar-refractivity contribution in [3.8, 4) is 0 Å². The fourth-order valence-electron chi connectivity index (χ4n) is 1.55. The average Bonchev–Trinajstić information content (AvgIpc) is 2.97. The van der Waals surface area contributed by atoms with Crippen LogP contribution in [-0.2, 0) is 4.79 Å². The maximum Gasteiger partial charge on any atom is 0.235 e. The van der Waals surface area contributed by atoms with Crippen LogP contribution in [0.15, 0.2) is 0 Å². The predicted molar refractivity (Wildman–Crippen MR) is 59.2 cm³/mol. The lowest BCUT2D eigenvalue weighted by molar-refractivity contribution is -0.135. The summed E-state index contributed by atoms with van der Waals surface area (Å²) in [5.74, 6) is -0.168. The van der Waals surface area contributed by atoms with Crippen molar-refractivity contribution in [3.05, 3.63) is 0 Å². The summed E-state index contributed by atoms with van der Waals surface area (Å²) in [5, 5.41) is 17.6. The summed E-state index contributed by atoms with van der Waals surface area (Å²) < 4.78 is 0. The van der Waals surface area contributed by atoms with E-state index in [0.717, 1.165) is 0 Å². The van der Waals surface area contributed by atoms with Gasteiger partial charge in [0.2, 0.25) is 5.91 Å². The molecule has 1 rings (SSSR count). The molecule has 0 aromatic heterocycles. The van der Waals surface area contributed by atoms with Gasteiger partial charge in [0.05, 0.1) is 23.6 Å². The van der Waals surface area contributed by atoms with Crippen LogP contribution in [0.25, 0.3) is 0 Å². The Balaban J connectivity index is 2.67. The molecule has 0 aromatic carbocycles. The van der Waals surface area contributed by atoms with E-state index in [2.05, 4.69) is 0 Å². The Labute approximate surface area is 93.9 Å². The second-order valence-corrected chi connectivity index (χ2v) is 4.13. The minimum Gasteiger partial charge on any atom is -0.395 e. The standard InChI is InChI=1S/C9H16N2O3S/c10-7(15)9(1-2-9)8(14)11(3-5-12)4-6-13/h12-13H,1-6H2,(H2,10,15). The van der Waals surface area contributed by atoms with E-state index in [0.29, 0.717) is 12.8 Å².